The van der Waals surface area contributed by atoms with Crippen LogP contribution in [0, 0.1) is 0 Å². The second-order valence-corrected chi connectivity index (χ2v) is 22.1. The third-order valence-corrected chi connectivity index (χ3v) is 15.1. The van der Waals surface area contributed by atoms with Crippen molar-refractivity contribution in [2.45, 2.75) is 306 Å². The van der Waals surface area contributed by atoms with Gasteiger partial charge in [0, 0.05) is 6.42 Å². The molecule has 9 N–H and O–H groups in total. The van der Waals surface area contributed by atoms with Gasteiger partial charge in [0.1, 0.15) is 48.8 Å². The molecule has 12 unspecified atom stereocenters. The van der Waals surface area contributed by atoms with Crippen LogP contribution in [0.5, 0.6) is 0 Å². The molecule has 0 bridgehead atoms. The normalized spacial score (nSPS) is 24.8. The van der Waals surface area contributed by atoms with Crippen LogP contribution in [0.15, 0.2) is 85.1 Å². The monoisotopic (exact) mass is 1130 g/mol. The molecule has 1 amide bonds. The number of ether oxygens (including phenoxy) is 4. The number of carbonyl (C=O) groups excluding carboxylic acids is 1. The average Bonchev–Trinajstić information content (AvgIpc) is 3.49. The van der Waals surface area contributed by atoms with E-state index < -0.39 is 86.8 Å². The number of hydrogen-bond donors (Lipinski definition) is 9. The number of nitrogens with one attached hydrogen (secondary N) is 1. The van der Waals surface area contributed by atoms with Crippen molar-refractivity contribution in [3.05, 3.63) is 85.1 Å². The smallest absolute Gasteiger partial charge is 0.220 e. The summed E-state index contributed by atoms with van der Waals surface area (Å²) < 4.78 is 22.7. The Labute approximate surface area is 484 Å². The molecule has 0 aromatic rings. The van der Waals surface area contributed by atoms with Gasteiger partial charge in [0.05, 0.1) is 32.0 Å². The predicted molar refractivity (Wildman–Crippen MR) is 323 cm³/mol. The van der Waals surface area contributed by atoms with Crippen molar-refractivity contribution in [1.29, 1.82) is 0 Å². The molecular weight excluding hydrogens is 1010 g/mol. The summed E-state index contributed by atoms with van der Waals surface area (Å²) in [7, 11) is 0. The Balaban J connectivity index is 1.55. The van der Waals surface area contributed by atoms with Crippen LogP contribution in [0.4, 0.5) is 0 Å². The van der Waals surface area contributed by atoms with E-state index in [1.807, 2.05) is 6.08 Å². The molecule has 2 aliphatic rings. The first-order valence-electron chi connectivity index (χ1n) is 31.8. The molecule has 0 aromatic carbocycles. The minimum absolute atomic E-state index is 0.252. The lowest BCUT2D eigenvalue weighted by Gasteiger charge is -2.46. The SMILES string of the molecule is CC/C=C\C/C=C\C/C=C\C/C=C\C/C=C\CCCCCCCCCCCCCCCCCCCCCCCC(=O)NC(COC1OC(CO)C(OC2OC(CO)C(O)C(O)C2O)C(O)C1O)C(O)/C=C/CC/C=C/CCCCC. The van der Waals surface area contributed by atoms with Crippen molar-refractivity contribution in [2.24, 2.45) is 0 Å². The van der Waals surface area contributed by atoms with Gasteiger partial charge in [0.25, 0.3) is 0 Å². The molecule has 2 rings (SSSR count). The molecule has 2 saturated heterocycles. The quantitative estimate of drug-likeness (QED) is 0.0204. The van der Waals surface area contributed by atoms with E-state index in [0.717, 1.165) is 70.6 Å². The molecule has 2 heterocycles. The molecule has 2 aliphatic heterocycles. The van der Waals surface area contributed by atoms with Gasteiger partial charge in [-0.15, -0.1) is 0 Å². The van der Waals surface area contributed by atoms with Crippen LogP contribution in [0.25, 0.3) is 0 Å². The van der Waals surface area contributed by atoms with Crippen LogP contribution < -0.4 is 5.32 Å². The molecule has 0 aromatic heterocycles. The molecule has 462 valence electrons. The van der Waals surface area contributed by atoms with Crippen molar-refractivity contribution in [1.82, 2.24) is 5.32 Å². The standard InChI is InChI=1S/C66H115NO13/c1-3-5-7-9-11-13-14-15-16-17-18-19-20-21-22-23-24-25-26-27-28-29-30-31-32-33-34-35-36-37-38-39-40-42-44-46-48-50-58(71)67-54(55(70)49-47-45-43-41-12-10-8-6-4-2)53-77-65-63(76)61(74)64(57(52-69)79-65)80-66-62(75)60(73)59(72)56(51-68)78-66/h5,7,11-13,15-16,18-19,21-22,41,47,49,54-57,59-66,68-70,72-76H,3-4,6,8-10,14,17,20,23-40,42-46,48,50-53H2,1-2H3,(H,67,71)/b7-5-,13-11-,16-15-,19-18-,22-21-,41-12+,49-47+. The van der Waals surface area contributed by atoms with Crippen LogP contribution in [0.1, 0.15) is 232 Å². The van der Waals surface area contributed by atoms with Crippen molar-refractivity contribution >= 4 is 5.91 Å². The van der Waals surface area contributed by atoms with E-state index >= 15 is 0 Å². The first-order valence-corrected chi connectivity index (χ1v) is 31.8. The van der Waals surface area contributed by atoms with E-state index in [1.54, 1.807) is 6.08 Å². The number of amides is 1. The van der Waals surface area contributed by atoms with Crippen LogP contribution in [0.2, 0.25) is 0 Å². The Morgan fingerprint density at radius 2 is 0.875 bits per heavy atom. The second-order valence-electron chi connectivity index (χ2n) is 22.1. The summed E-state index contributed by atoms with van der Waals surface area (Å²) in [6, 6.07) is -0.931. The van der Waals surface area contributed by atoms with Gasteiger partial charge in [-0.25, -0.2) is 0 Å². The number of allylic oxidation sites excluding steroid dienone is 13. The zero-order chi connectivity index (χ0) is 58.1. The van der Waals surface area contributed by atoms with Crippen LogP contribution >= 0.6 is 0 Å². The van der Waals surface area contributed by atoms with E-state index in [4.69, 9.17) is 18.9 Å². The largest absolute Gasteiger partial charge is 0.394 e. The molecule has 0 radical (unpaired) electrons. The van der Waals surface area contributed by atoms with Crippen molar-refractivity contribution in [2.75, 3.05) is 19.8 Å². The molecule has 2 fully saturated rings. The van der Waals surface area contributed by atoms with Gasteiger partial charge in [-0.05, 0) is 77.0 Å². The van der Waals surface area contributed by atoms with Crippen LogP contribution in [0.3, 0.4) is 0 Å². The fraction of sp³-hybridized carbons (Fsp3) is 0.773. The van der Waals surface area contributed by atoms with E-state index in [2.05, 4.69) is 92.1 Å². The zero-order valence-corrected chi connectivity index (χ0v) is 49.8. The zero-order valence-electron chi connectivity index (χ0n) is 49.8. The van der Waals surface area contributed by atoms with E-state index in [-0.39, 0.29) is 18.9 Å². The van der Waals surface area contributed by atoms with Gasteiger partial charge < -0.3 is 65.1 Å². The maximum absolute atomic E-state index is 13.2. The van der Waals surface area contributed by atoms with Gasteiger partial charge in [-0.1, -0.05) is 234 Å². The maximum atomic E-state index is 13.2. The highest BCUT2D eigenvalue weighted by molar-refractivity contribution is 5.76. The Morgan fingerprint density at radius 1 is 0.463 bits per heavy atom. The third-order valence-electron chi connectivity index (χ3n) is 15.1. The Hall–Kier alpha value is -2.83. The molecule has 14 nitrogen and oxygen atoms in total. The molecule has 80 heavy (non-hydrogen) atoms. The molecule has 0 aliphatic carbocycles. The summed E-state index contributed by atoms with van der Waals surface area (Å²) in [4.78, 5) is 13.2. The summed E-state index contributed by atoms with van der Waals surface area (Å²) in [6.45, 7) is 2.60. The lowest BCUT2D eigenvalue weighted by atomic mass is 9.97. The average molecular weight is 1130 g/mol. The summed E-state index contributed by atoms with van der Waals surface area (Å²) in [6.07, 6.45) is 52.5. The highest BCUT2D eigenvalue weighted by atomic mass is 16.7. The topological polar surface area (TPSA) is 228 Å². The first kappa shape index (κ1) is 73.3. The minimum Gasteiger partial charge on any atom is -0.394 e. The van der Waals surface area contributed by atoms with Crippen LogP contribution in [-0.2, 0) is 23.7 Å². The Morgan fingerprint density at radius 3 is 1.38 bits per heavy atom. The van der Waals surface area contributed by atoms with Crippen molar-refractivity contribution in [3.63, 3.8) is 0 Å². The summed E-state index contributed by atoms with van der Waals surface area (Å²) >= 11 is 0. The van der Waals surface area contributed by atoms with Crippen molar-refractivity contribution < 1.29 is 64.6 Å². The van der Waals surface area contributed by atoms with E-state index in [0.29, 0.717) is 12.8 Å². The Bertz CT molecular complexity index is 1660. The molecule has 0 spiro atoms. The number of carbonyl (C=O) groups is 1. The van der Waals surface area contributed by atoms with Gasteiger partial charge >= 0.3 is 0 Å². The first-order chi connectivity index (χ1) is 39.1. The summed E-state index contributed by atoms with van der Waals surface area (Å²) in [5.74, 6) is -0.252. The fourth-order valence-electron chi connectivity index (χ4n) is 9.98. The van der Waals surface area contributed by atoms with E-state index in [9.17, 15) is 45.6 Å². The lowest BCUT2D eigenvalue weighted by molar-refractivity contribution is -0.359. The number of aliphatic hydroxyl groups excluding tert-OH is 8. The molecular formula is C66H115NO13. The highest BCUT2D eigenvalue weighted by Gasteiger charge is 2.51. The molecule has 0 saturated carbocycles. The Kier molecular flexibility index (Phi) is 46.4. The lowest BCUT2D eigenvalue weighted by Crippen LogP contribution is -2.65. The van der Waals surface area contributed by atoms with Gasteiger partial charge in [-0.2, -0.15) is 0 Å². The fourth-order valence-corrected chi connectivity index (χ4v) is 9.98. The maximum Gasteiger partial charge on any atom is 0.220 e. The molecule has 12 atom stereocenters. The van der Waals surface area contributed by atoms with E-state index in [1.165, 1.54) is 128 Å². The van der Waals surface area contributed by atoms with Gasteiger partial charge in [-0.3, -0.25) is 4.79 Å². The highest BCUT2D eigenvalue weighted by Crippen LogP contribution is 2.30. The third kappa shape index (κ3) is 35.3. The minimum atomic E-state index is -1.79. The summed E-state index contributed by atoms with van der Waals surface area (Å²) in [5.41, 5.74) is 0. The molecule has 14 heteroatoms. The predicted octanol–water partition coefficient (Wildman–Crippen LogP) is 11.7. The number of unbranched alkanes of at least 4 members (excludes halogenated alkanes) is 25. The van der Waals surface area contributed by atoms with Crippen molar-refractivity contribution in [3.8, 4) is 0 Å². The number of rotatable bonds is 50. The summed E-state index contributed by atoms with van der Waals surface area (Å²) in [5, 5.41) is 86.8. The van der Waals surface area contributed by atoms with Gasteiger partial charge in [0.15, 0.2) is 12.6 Å². The number of aliphatic hydroxyl groups is 8. The van der Waals surface area contributed by atoms with Gasteiger partial charge in [0.2, 0.25) is 5.91 Å². The second kappa shape index (κ2) is 50.7. The number of hydrogen-bond acceptors (Lipinski definition) is 13. The van der Waals surface area contributed by atoms with Crippen LogP contribution in [-0.4, -0.2) is 140 Å².